The molecule has 0 aromatic rings. The minimum absolute atomic E-state index is 0.115. The normalized spacial score (nSPS) is 22.0. The summed E-state index contributed by atoms with van der Waals surface area (Å²) in [4.78, 5) is 120. The highest BCUT2D eigenvalue weighted by Crippen LogP contribution is 2.26. The summed E-state index contributed by atoms with van der Waals surface area (Å²) in [7, 11) is 0. The van der Waals surface area contributed by atoms with E-state index in [0.29, 0.717) is 0 Å². The molecule has 346 valence electrons. The molecular formula is C37H53N5O20. The van der Waals surface area contributed by atoms with Crippen LogP contribution in [-0.2, 0) is 95.3 Å². The number of rotatable bonds is 22. The number of carbonyl (C=O) groups excluding carboxylic acids is 10. The summed E-state index contributed by atoms with van der Waals surface area (Å²) in [5, 5.41) is 9.86. The topological polar surface area (TPSA) is 337 Å². The molecule has 6 N–H and O–H groups in total. The molecule has 0 aromatic heterocycles. The third-order valence-corrected chi connectivity index (χ3v) is 7.80. The average molecular weight is 888 g/mol. The van der Waals surface area contributed by atoms with E-state index >= 15 is 0 Å². The van der Waals surface area contributed by atoms with Crippen LogP contribution in [0.4, 0.5) is 0 Å². The Labute approximate surface area is 355 Å². The van der Waals surface area contributed by atoms with Crippen LogP contribution in [0, 0.1) is 0 Å². The molecule has 2 aliphatic heterocycles. The molecule has 25 heteroatoms. The van der Waals surface area contributed by atoms with Gasteiger partial charge >= 0.3 is 35.8 Å². The van der Waals surface area contributed by atoms with Crippen LogP contribution in [0.25, 0.3) is 0 Å². The largest absolute Gasteiger partial charge is 0.463 e. The Hall–Kier alpha value is -6.02. The predicted molar refractivity (Wildman–Crippen MR) is 203 cm³/mol. The summed E-state index contributed by atoms with van der Waals surface area (Å²) < 4.78 is 52.8. The van der Waals surface area contributed by atoms with Gasteiger partial charge in [0.2, 0.25) is 23.6 Å². The summed E-state index contributed by atoms with van der Waals surface area (Å²) in [6.45, 7) is 6.97. The standard InChI is InChI=1S/C37H53N5O20/c1-17(41-32(49)15-55-36-28(59-23(7)47)9-26(57-21(5)45)30(61-36)13-53-19(3)43)34(51)39-11-25(38)12-40-35(52)18(2)42-33(50)16-56-37-29(60-24(8)48)10-27(58-22(6)46)31(62-37)14-54-20(4)44/h9-10,17-18,25,28-31,36-37H,11-16,38H2,1-8H3,(H,39,51)(H,40,52)(H,41,49)(H,42,50)/t17-,18-,25?,28?,29?,30?,31?,36?,37?/m0/s1. The van der Waals surface area contributed by atoms with E-state index in [9.17, 15) is 47.9 Å². The smallest absolute Gasteiger partial charge is 0.307 e. The van der Waals surface area contributed by atoms with Gasteiger partial charge in [0.05, 0.1) is 0 Å². The van der Waals surface area contributed by atoms with Gasteiger partial charge in [0, 0.05) is 72.8 Å². The predicted octanol–water partition coefficient (Wildman–Crippen LogP) is -3.08. The fraction of sp³-hybridized carbons (Fsp3) is 0.622. The second-order valence-electron chi connectivity index (χ2n) is 13.5. The molecule has 0 aliphatic carbocycles. The lowest BCUT2D eigenvalue weighted by atomic mass is 10.1. The zero-order valence-corrected chi connectivity index (χ0v) is 35.3. The zero-order chi connectivity index (χ0) is 46.7. The van der Waals surface area contributed by atoms with Gasteiger partial charge in [-0.05, 0) is 13.8 Å². The van der Waals surface area contributed by atoms with Gasteiger partial charge in [-0.15, -0.1) is 0 Å². The highest BCUT2D eigenvalue weighted by atomic mass is 16.7. The first-order valence-corrected chi connectivity index (χ1v) is 18.9. The highest BCUT2D eigenvalue weighted by Gasteiger charge is 2.39. The van der Waals surface area contributed by atoms with Gasteiger partial charge in [-0.1, -0.05) is 0 Å². The molecule has 2 rings (SSSR count). The van der Waals surface area contributed by atoms with Crippen molar-refractivity contribution in [1.29, 1.82) is 0 Å². The highest BCUT2D eigenvalue weighted by molar-refractivity contribution is 5.88. The van der Waals surface area contributed by atoms with Gasteiger partial charge in [0.15, 0.2) is 37.0 Å². The van der Waals surface area contributed by atoms with Gasteiger partial charge in [0.25, 0.3) is 0 Å². The number of hydrogen-bond acceptors (Lipinski definition) is 21. The fourth-order valence-corrected chi connectivity index (χ4v) is 5.15. The van der Waals surface area contributed by atoms with Gasteiger partial charge in [-0.25, -0.2) is 0 Å². The van der Waals surface area contributed by atoms with Crippen molar-refractivity contribution in [2.75, 3.05) is 39.5 Å². The van der Waals surface area contributed by atoms with Crippen LogP contribution in [0.15, 0.2) is 23.7 Å². The Morgan fingerprint density at radius 2 is 0.935 bits per heavy atom. The molecule has 0 fully saturated rings. The van der Waals surface area contributed by atoms with Crippen molar-refractivity contribution in [3.8, 4) is 0 Å². The molecule has 4 amide bonds. The first kappa shape index (κ1) is 52.1. The lowest BCUT2D eigenvalue weighted by Gasteiger charge is -2.33. The zero-order valence-electron chi connectivity index (χ0n) is 35.3. The van der Waals surface area contributed by atoms with E-state index < -0.39 is 141 Å². The Morgan fingerprint density at radius 3 is 1.24 bits per heavy atom. The first-order valence-electron chi connectivity index (χ1n) is 18.9. The molecule has 0 saturated carbocycles. The van der Waals surface area contributed by atoms with Crippen molar-refractivity contribution in [1.82, 2.24) is 21.3 Å². The first-order chi connectivity index (χ1) is 29.0. The van der Waals surface area contributed by atoms with Crippen LogP contribution in [0.2, 0.25) is 0 Å². The van der Waals surface area contributed by atoms with Crippen molar-refractivity contribution >= 4 is 59.4 Å². The number of amides is 4. The summed E-state index contributed by atoms with van der Waals surface area (Å²) in [6, 6.07) is -3.04. The minimum Gasteiger partial charge on any atom is -0.463 e. The molecule has 25 nitrogen and oxygen atoms in total. The lowest BCUT2D eigenvalue weighted by Crippen LogP contribution is -2.53. The number of hydrogen-bond donors (Lipinski definition) is 5. The quantitative estimate of drug-likeness (QED) is 0.0532. The number of esters is 6. The summed E-state index contributed by atoms with van der Waals surface area (Å²) >= 11 is 0. The van der Waals surface area contributed by atoms with Crippen LogP contribution in [0.3, 0.4) is 0 Å². The van der Waals surface area contributed by atoms with E-state index in [4.69, 9.17) is 53.1 Å². The lowest BCUT2D eigenvalue weighted by molar-refractivity contribution is -0.229. The maximum absolute atomic E-state index is 12.7. The van der Waals surface area contributed by atoms with Crippen molar-refractivity contribution in [2.24, 2.45) is 5.73 Å². The van der Waals surface area contributed by atoms with Crippen LogP contribution in [0.5, 0.6) is 0 Å². The van der Waals surface area contributed by atoms with Crippen LogP contribution in [-0.4, -0.2) is 154 Å². The Kier molecular flexibility index (Phi) is 21.6. The summed E-state index contributed by atoms with van der Waals surface area (Å²) in [5.74, 6) is -7.41. The van der Waals surface area contributed by atoms with Crippen molar-refractivity contribution in [3.05, 3.63) is 23.7 Å². The molecule has 0 radical (unpaired) electrons. The average Bonchev–Trinajstić information content (AvgIpc) is 3.16. The maximum atomic E-state index is 12.7. The van der Waals surface area contributed by atoms with Gasteiger partial charge < -0.3 is 74.4 Å². The van der Waals surface area contributed by atoms with Crippen molar-refractivity contribution in [2.45, 2.75) is 111 Å². The van der Waals surface area contributed by atoms with E-state index in [1.54, 1.807) is 0 Å². The van der Waals surface area contributed by atoms with Gasteiger partial charge in [-0.2, -0.15) is 0 Å². The molecule has 0 bridgehead atoms. The van der Waals surface area contributed by atoms with E-state index in [-0.39, 0.29) is 24.6 Å². The van der Waals surface area contributed by atoms with Crippen LogP contribution >= 0.6 is 0 Å². The van der Waals surface area contributed by atoms with E-state index in [1.807, 2.05) is 0 Å². The molecule has 0 spiro atoms. The Balaban J connectivity index is 1.84. The van der Waals surface area contributed by atoms with Gasteiger partial charge in [-0.3, -0.25) is 47.9 Å². The number of ether oxygens (including phenoxy) is 10. The number of carbonyl (C=O) groups is 10. The monoisotopic (exact) mass is 887 g/mol. The molecule has 2 aliphatic rings. The van der Waals surface area contributed by atoms with Crippen LogP contribution in [0.1, 0.15) is 55.4 Å². The summed E-state index contributed by atoms with van der Waals surface area (Å²) in [6.07, 6.45) is -5.27. The third kappa shape index (κ3) is 19.6. The fourth-order valence-electron chi connectivity index (χ4n) is 5.15. The molecule has 62 heavy (non-hydrogen) atoms. The maximum Gasteiger partial charge on any atom is 0.307 e. The molecule has 0 aromatic carbocycles. The molecule has 2 heterocycles. The van der Waals surface area contributed by atoms with Crippen LogP contribution < -0.4 is 27.0 Å². The third-order valence-electron chi connectivity index (χ3n) is 7.80. The second kappa shape index (κ2) is 25.7. The van der Waals surface area contributed by atoms with Crippen molar-refractivity contribution in [3.63, 3.8) is 0 Å². The van der Waals surface area contributed by atoms with E-state index in [2.05, 4.69) is 21.3 Å². The summed E-state index contributed by atoms with van der Waals surface area (Å²) in [5.41, 5.74) is 6.04. The molecule has 6 unspecified atom stereocenters. The van der Waals surface area contributed by atoms with E-state index in [1.165, 1.54) is 26.0 Å². The van der Waals surface area contributed by atoms with Gasteiger partial charge in [0.1, 0.15) is 50.0 Å². The molecule has 8 atom stereocenters. The second-order valence-corrected chi connectivity index (χ2v) is 13.5. The SMILES string of the molecule is CC(=O)OCC1OC(OCC(=O)N[C@@H](C)C(=O)NCC(N)CNC(=O)[C@H](C)NC(=O)COC2OC(COC(C)=O)C(OC(C)=O)=CC2OC(C)=O)C(OC(C)=O)C=C1OC(C)=O. The number of nitrogens with two attached hydrogens (primary N) is 1. The van der Waals surface area contributed by atoms with E-state index in [0.717, 1.165) is 41.5 Å². The molecular weight excluding hydrogens is 834 g/mol. The minimum atomic E-state index is -1.42. The van der Waals surface area contributed by atoms with Crippen molar-refractivity contribution < 1.29 is 95.3 Å². The molecule has 0 saturated heterocycles. The Morgan fingerprint density at radius 1 is 0.581 bits per heavy atom. The number of nitrogens with one attached hydrogen (secondary N) is 4. The Bertz CT molecular complexity index is 1610.